The minimum absolute atomic E-state index is 0.333. The molecular formula is C15H24ClNO. The second kappa shape index (κ2) is 9.37. The van der Waals surface area contributed by atoms with Crippen molar-refractivity contribution in [2.75, 3.05) is 19.8 Å². The van der Waals surface area contributed by atoms with E-state index >= 15 is 0 Å². The molecule has 0 aliphatic heterocycles. The van der Waals surface area contributed by atoms with Crippen LogP contribution in [0.25, 0.3) is 0 Å². The van der Waals surface area contributed by atoms with Crippen molar-refractivity contribution in [3.63, 3.8) is 0 Å². The van der Waals surface area contributed by atoms with Crippen LogP contribution in [0.3, 0.4) is 0 Å². The second-order valence-electron chi connectivity index (χ2n) is 4.37. The maximum Gasteiger partial charge on any atom is 0.0466 e. The third kappa shape index (κ3) is 5.38. The molecule has 0 saturated carbocycles. The van der Waals surface area contributed by atoms with Crippen LogP contribution in [0.4, 0.5) is 0 Å². The van der Waals surface area contributed by atoms with Gasteiger partial charge in [-0.1, -0.05) is 36.7 Å². The fourth-order valence-electron chi connectivity index (χ4n) is 1.98. The van der Waals surface area contributed by atoms with Gasteiger partial charge in [0.2, 0.25) is 0 Å². The Morgan fingerprint density at radius 1 is 1.28 bits per heavy atom. The van der Waals surface area contributed by atoms with Crippen LogP contribution in [0.1, 0.15) is 44.7 Å². The summed E-state index contributed by atoms with van der Waals surface area (Å²) in [5, 5.41) is 4.41. The smallest absolute Gasteiger partial charge is 0.0466 e. The molecule has 1 unspecified atom stereocenters. The van der Waals surface area contributed by atoms with Gasteiger partial charge in [0, 0.05) is 24.3 Å². The quantitative estimate of drug-likeness (QED) is 0.679. The van der Waals surface area contributed by atoms with Crippen LogP contribution in [0.15, 0.2) is 24.3 Å². The van der Waals surface area contributed by atoms with Crippen LogP contribution >= 0.6 is 11.6 Å². The van der Waals surface area contributed by atoms with E-state index in [1.807, 2.05) is 25.1 Å². The molecule has 0 aliphatic rings. The number of rotatable bonds is 9. The van der Waals surface area contributed by atoms with Crippen molar-refractivity contribution in [1.29, 1.82) is 0 Å². The molecule has 0 radical (unpaired) electrons. The van der Waals surface area contributed by atoms with Crippen LogP contribution in [0.2, 0.25) is 5.02 Å². The van der Waals surface area contributed by atoms with Crippen LogP contribution < -0.4 is 5.32 Å². The molecule has 3 heteroatoms. The highest BCUT2D eigenvalue weighted by atomic mass is 35.5. The van der Waals surface area contributed by atoms with E-state index in [1.165, 1.54) is 5.56 Å². The largest absolute Gasteiger partial charge is 0.382 e. The van der Waals surface area contributed by atoms with E-state index in [1.54, 1.807) is 0 Å². The Morgan fingerprint density at radius 3 is 2.72 bits per heavy atom. The molecule has 2 nitrogen and oxygen atoms in total. The van der Waals surface area contributed by atoms with Gasteiger partial charge in [-0.05, 0) is 44.4 Å². The van der Waals surface area contributed by atoms with Gasteiger partial charge in [-0.3, -0.25) is 0 Å². The summed E-state index contributed by atoms with van der Waals surface area (Å²) < 4.78 is 5.39. The highest BCUT2D eigenvalue weighted by molar-refractivity contribution is 6.31. The van der Waals surface area contributed by atoms with Gasteiger partial charge in [0.15, 0.2) is 0 Å². The number of hydrogen-bond donors (Lipinski definition) is 1. The summed E-state index contributed by atoms with van der Waals surface area (Å²) in [6.07, 6.45) is 3.25. The Bertz CT molecular complexity index is 330. The summed E-state index contributed by atoms with van der Waals surface area (Å²) >= 11 is 6.27. The number of halogens is 1. The number of nitrogens with one attached hydrogen (secondary N) is 1. The Labute approximate surface area is 116 Å². The molecular weight excluding hydrogens is 246 g/mol. The van der Waals surface area contributed by atoms with Crippen LogP contribution in [0, 0.1) is 0 Å². The zero-order chi connectivity index (χ0) is 13.2. The summed E-state index contributed by atoms with van der Waals surface area (Å²) in [5.41, 5.74) is 1.20. The molecule has 1 N–H and O–H groups in total. The topological polar surface area (TPSA) is 21.3 Å². The maximum absolute atomic E-state index is 6.27. The Hall–Kier alpha value is -0.570. The van der Waals surface area contributed by atoms with Gasteiger partial charge >= 0.3 is 0 Å². The molecule has 1 rings (SSSR count). The van der Waals surface area contributed by atoms with Gasteiger partial charge in [0.05, 0.1) is 0 Å². The fraction of sp³-hybridized carbons (Fsp3) is 0.600. The van der Waals surface area contributed by atoms with Crippen molar-refractivity contribution in [3.8, 4) is 0 Å². The van der Waals surface area contributed by atoms with Gasteiger partial charge in [0.25, 0.3) is 0 Å². The van der Waals surface area contributed by atoms with Gasteiger partial charge < -0.3 is 10.1 Å². The molecule has 0 saturated heterocycles. The first-order chi connectivity index (χ1) is 8.79. The SMILES string of the molecule is CCCNC(CCCOCC)c1ccccc1Cl. The minimum Gasteiger partial charge on any atom is -0.382 e. The Balaban J connectivity index is 2.57. The van der Waals surface area contributed by atoms with Crippen LogP contribution in [-0.2, 0) is 4.74 Å². The lowest BCUT2D eigenvalue weighted by Crippen LogP contribution is -2.22. The molecule has 0 spiro atoms. The van der Waals surface area contributed by atoms with Crippen molar-refractivity contribution < 1.29 is 4.74 Å². The van der Waals surface area contributed by atoms with E-state index in [-0.39, 0.29) is 0 Å². The molecule has 0 bridgehead atoms. The fourth-order valence-corrected chi connectivity index (χ4v) is 2.25. The summed E-state index contributed by atoms with van der Waals surface area (Å²) in [7, 11) is 0. The zero-order valence-corrected chi connectivity index (χ0v) is 12.2. The van der Waals surface area contributed by atoms with E-state index in [9.17, 15) is 0 Å². The Kier molecular flexibility index (Phi) is 8.06. The lowest BCUT2D eigenvalue weighted by Gasteiger charge is -2.20. The number of ether oxygens (including phenoxy) is 1. The zero-order valence-electron chi connectivity index (χ0n) is 11.4. The predicted octanol–water partition coefficient (Wildman–Crippen LogP) is 4.20. The van der Waals surface area contributed by atoms with Gasteiger partial charge in [0.1, 0.15) is 0 Å². The first-order valence-electron chi connectivity index (χ1n) is 6.85. The number of benzene rings is 1. The van der Waals surface area contributed by atoms with Gasteiger partial charge in [-0.25, -0.2) is 0 Å². The highest BCUT2D eigenvalue weighted by Crippen LogP contribution is 2.25. The normalized spacial score (nSPS) is 12.6. The number of hydrogen-bond acceptors (Lipinski definition) is 2. The predicted molar refractivity (Wildman–Crippen MR) is 78.2 cm³/mol. The molecule has 0 aliphatic carbocycles. The summed E-state index contributed by atoms with van der Waals surface area (Å²) in [5.74, 6) is 0. The first kappa shape index (κ1) is 15.5. The molecule has 0 heterocycles. The van der Waals surface area contributed by atoms with Crippen LogP contribution in [0.5, 0.6) is 0 Å². The Morgan fingerprint density at radius 2 is 2.06 bits per heavy atom. The molecule has 102 valence electrons. The van der Waals surface area contributed by atoms with Crippen molar-refractivity contribution >= 4 is 11.6 Å². The lowest BCUT2D eigenvalue weighted by atomic mass is 10.0. The average molecular weight is 270 g/mol. The van der Waals surface area contributed by atoms with Gasteiger partial charge in [-0.2, -0.15) is 0 Å². The van der Waals surface area contributed by atoms with Crippen LogP contribution in [-0.4, -0.2) is 19.8 Å². The van der Waals surface area contributed by atoms with Crippen molar-refractivity contribution in [2.24, 2.45) is 0 Å². The lowest BCUT2D eigenvalue weighted by molar-refractivity contribution is 0.141. The highest BCUT2D eigenvalue weighted by Gasteiger charge is 2.13. The van der Waals surface area contributed by atoms with Crippen molar-refractivity contribution in [3.05, 3.63) is 34.9 Å². The molecule has 18 heavy (non-hydrogen) atoms. The first-order valence-corrected chi connectivity index (χ1v) is 7.23. The average Bonchev–Trinajstić information content (AvgIpc) is 2.39. The molecule has 1 aromatic carbocycles. The third-order valence-electron chi connectivity index (χ3n) is 2.91. The summed E-state index contributed by atoms with van der Waals surface area (Å²) in [6.45, 7) is 6.84. The van der Waals surface area contributed by atoms with Gasteiger partial charge in [-0.15, -0.1) is 0 Å². The van der Waals surface area contributed by atoms with Crippen molar-refractivity contribution in [1.82, 2.24) is 5.32 Å². The summed E-state index contributed by atoms with van der Waals surface area (Å²) in [4.78, 5) is 0. The maximum atomic E-state index is 6.27. The third-order valence-corrected chi connectivity index (χ3v) is 3.25. The van der Waals surface area contributed by atoms with E-state index in [0.29, 0.717) is 6.04 Å². The van der Waals surface area contributed by atoms with E-state index < -0.39 is 0 Å². The molecule has 1 aromatic rings. The molecule has 0 fully saturated rings. The minimum atomic E-state index is 0.333. The molecule has 0 aromatic heterocycles. The standard InChI is InChI=1S/C15H24ClNO/c1-3-11-17-15(10-7-12-18-4-2)13-8-5-6-9-14(13)16/h5-6,8-9,15,17H,3-4,7,10-12H2,1-2H3. The monoisotopic (exact) mass is 269 g/mol. The van der Waals surface area contributed by atoms with E-state index in [0.717, 1.165) is 44.0 Å². The van der Waals surface area contributed by atoms with E-state index in [4.69, 9.17) is 16.3 Å². The summed E-state index contributed by atoms with van der Waals surface area (Å²) in [6, 6.07) is 8.42. The molecule has 1 atom stereocenters. The molecule has 0 amide bonds. The van der Waals surface area contributed by atoms with E-state index in [2.05, 4.69) is 18.3 Å². The van der Waals surface area contributed by atoms with Crippen molar-refractivity contribution in [2.45, 2.75) is 39.2 Å². The second-order valence-corrected chi connectivity index (χ2v) is 4.77.